The molecule has 1 heterocycles. The van der Waals surface area contributed by atoms with Crippen molar-refractivity contribution in [1.29, 1.82) is 0 Å². The van der Waals surface area contributed by atoms with Gasteiger partial charge < -0.3 is 4.90 Å². The Morgan fingerprint density at radius 3 is 1.96 bits per heavy atom. The Bertz CT molecular complexity index is 945. The van der Waals surface area contributed by atoms with E-state index in [2.05, 4.69) is 112 Å². The number of hydrogen-bond acceptors (Lipinski definition) is 1. The lowest BCUT2D eigenvalue weighted by atomic mass is 9.72. The summed E-state index contributed by atoms with van der Waals surface area (Å²) in [7, 11) is 0. The highest BCUT2D eigenvalue weighted by atomic mass is 15.2. The lowest BCUT2D eigenvalue weighted by Crippen LogP contribution is -2.43. The molecule has 1 heteroatoms. The van der Waals surface area contributed by atoms with Gasteiger partial charge in [0.25, 0.3) is 0 Å². The van der Waals surface area contributed by atoms with Crippen LogP contribution in [0.25, 0.3) is 11.1 Å². The number of anilines is 2. The quantitative estimate of drug-likeness (QED) is 0.464. The molecule has 0 radical (unpaired) electrons. The summed E-state index contributed by atoms with van der Waals surface area (Å²) < 4.78 is 0. The van der Waals surface area contributed by atoms with Crippen LogP contribution in [0.15, 0.2) is 72.8 Å². The highest BCUT2D eigenvalue weighted by molar-refractivity contribution is 5.82. The summed E-state index contributed by atoms with van der Waals surface area (Å²) in [5.74, 6) is 0. The first-order valence-electron chi connectivity index (χ1n) is 9.40. The van der Waals surface area contributed by atoms with E-state index in [4.69, 9.17) is 0 Å². The van der Waals surface area contributed by atoms with E-state index in [0.717, 1.165) is 0 Å². The van der Waals surface area contributed by atoms with Crippen LogP contribution in [0.5, 0.6) is 0 Å². The van der Waals surface area contributed by atoms with Crippen molar-refractivity contribution in [2.75, 3.05) is 4.90 Å². The predicted octanol–water partition coefficient (Wildman–Crippen LogP) is 6.93. The first-order chi connectivity index (χ1) is 12.3. The fourth-order valence-corrected chi connectivity index (χ4v) is 4.25. The van der Waals surface area contributed by atoms with Crippen molar-refractivity contribution < 1.29 is 0 Å². The molecule has 0 atom stereocenters. The second-order valence-corrected chi connectivity index (χ2v) is 8.75. The molecular weight excluding hydrogens is 314 g/mol. The molecule has 0 aliphatic carbocycles. The van der Waals surface area contributed by atoms with Crippen LogP contribution in [0.4, 0.5) is 11.4 Å². The molecule has 0 aromatic heterocycles. The normalized spacial score (nSPS) is 15.3. The highest BCUT2D eigenvalue weighted by Crippen LogP contribution is 2.51. The van der Waals surface area contributed by atoms with Crippen LogP contribution in [0, 0.1) is 0 Å². The smallest absolute Gasteiger partial charge is 0.0463 e. The Kier molecular flexibility index (Phi) is 3.73. The van der Waals surface area contributed by atoms with Crippen molar-refractivity contribution in [3.8, 4) is 11.1 Å². The van der Waals surface area contributed by atoms with E-state index in [1.54, 1.807) is 0 Å². The maximum absolute atomic E-state index is 2.51. The molecule has 0 saturated carbocycles. The average molecular weight is 341 g/mol. The van der Waals surface area contributed by atoms with Gasteiger partial charge in [-0.05, 0) is 55.2 Å². The molecule has 132 valence electrons. The summed E-state index contributed by atoms with van der Waals surface area (Å²) in [6, 6.07) is 26.5. The Morgan fingerprint density at radius 1 is 0.654 bits per heavy atom. The number of fused-ring (bicyclic) bond motifs is 2. The zero-order valence-electron chi connectivity index (χ0n) is 16.4. The third-order valence-corrected chi connectivity index (χ3v) is 5.51. The van der Waals surface area contributed by atoms with Crippen LogP contribution in [0.1, 0.15) is 45.7 Å². The largest absolute Gasteiger partial charge is 0.336 e. The second-order valence-electron chi connectivity index (χ2n) is 8.75. The third-order valence-electron chi connectivity index (χ3n) is 5.51. The first-order valence-corrected chi connectivity index (χ1v) is 9.40. The highest BCUT2D eigenvalue weighted by Gasteiger charge is 2.39. The molecule has 0 bridgehead atoms. The molecule has 0 fully saturated rings. The molecule has 3 aromatic carbocycles. The minimum atomic E-state index is -0.0110. The molecule has 0 saturated heterocycles. The average Bonchev–Trinajstić information content (AvgIpc) is 2.61. The first kappa shape index (κ1) is 16.9. The Morgan fingerprint density at radius 2 is 1.27 bits per heavy atom. The summed E-state index contributed by atoms with van der Waals surface area (Å²) >= 11 is 0. The summed E-state index contributed by atoms with van der Waals surface area (Å²) in [6.07, 6.45) is 0. The number of nitrogens with zero attached hydrogens (tertiary/aromatic N) is 1. The van der Waals surface area contributed by atoms with E-state index >= 15 is 0 Å². The molecule has 3 aromatic rings. The van der Waals surface area contributed by atoms with Crippen LogP contribution in [0.3, 0.4) is 0 Å². The van der Waals surface area contributed by atoms with Gasteiger partial charge in [0.05, 0.1) is 0 Å². The molecular formula is C25H27N. The third kappa shape index (κ3) is 2.54. The van der Waals surface area contributed by atoms with Crippen LogP contribution in [-0.2, 0) is 5.41 Å². The molecule has 1 aliphatic heterocycles. The predicted molar refractivity (Wildman–Crippen MR) is 112 cm³/mol. The number of hydrogen-bond donors (Lipinski definition) is 0. The fraction of sp³-hybridized carbons (Fsp3) is 0.280. The van der Waals surface area contributed by atoms with Gasteiger partial charge in [0.2, 0.25) is 0 Å². The van der Waals surface area contributed by atoms with E-state index in [9.17, 15) is 0 Å². The maximum Gasteiger partial charge on any atom is 0.0463 e. The Hall–Kier alpha value is -2.54. The molecule has 4 rings (SSSR count). The van der Waals surface area contributed by atoms with Crippen LogP contribution in [0.2, 0.25) is 0 Å². The van der Waals surface area contributed by atoms with Gasteiger partial charge in [-0.3, -0.25) is 0 Å². The Balaban J connectivity index is 1.99. The number of para-hydroxylation sites is 1. The topological polar surface area (TPSA) is 3.24 Å². The minimum absolute atomic E-state index is 0.00331. The van der Waals surface area contributed by atoms with E-state index < -0.39 is 0 Å². The lowest BCUT2D eigenvalue weighted by molar-refractivity contribution is 0.530. The summed E-state index contributed by atoms with van der Waals surface area (Å²) in [6.45, 7) is 11.6. The summed E-state index contributed by atoms with van der Waals surface area (Å²) in [5, 5.41) is 0. The van der Waals surface area contributed by atoms with E-state index in [1.165, 1.54) is 33.6 Å². The van der Waals surface area contributed by atoms with Gasteiger partial charge in [0.15, 0.2) is 0 Å². The number of rotatable bonds is 1. The van der Waals surface area contributed by atoms with Crippen LogP contribution in [-0.4, -0.2) is 5.54 Å². The number of benzene rings is 3. The van der Waals surface area contributed by atoms with E-state index in [-0.39, 0.29) is 11.0 Å². The van der Waals surface area contributed by atoms with Crippen LogP contribution >= 0.6 is 0 Å². The van der Waals surface area contributed by atoms with Gasteiger partial charge in [-0.2, -0.15) is 0 Å². The summed E-state index contributed by atoms with van der Waals surface area (Å²) in [5.41, 5.74) is 7.96. The lowest BCUT2D eigenvalue weighted by Gasteiger charge is -2.48. The second kappa shape index (κ2) is 5.74. The monoisotopic (exact) mass is 341 g/mol. The molecule has 0 unspecified atom stereocenters. The van der Waals surface area contributed by atoms with Crippen molar-refractivity contribution >= 4 is 11.4 Å². The standard InChI is InChI=1S/C25H27N/c1-24(2,3)26-22-14-10-9-13-20(22)25(4,5)21-16-15-19(17-23(21)26)18-11-7-6-8-12-18/h6-17H,1-5H3. The maximum atomic E-state index is 2.51. The van der Waals surface area contributed by atoms with E-state index in [1.807, 2.05) is 0 Å². The van der Waals surface area contributed by atoms with Gasteiger partial charge in [-0.25, -0.2) is 0 Å². The van der Waals surface area contributed by atoms with Crippen LogP contribution < -0.4 is 4.90 Å². The minimum Gasteiger partial charge on any atom is -0.336 e. The molecule has 0 spiro atoms. The van der Waals surface area contributed by atoms with Crippen molar-refractivity contribution in [3.63, 3.8) is 0 Å². The molecule has 1 nitrogen and oxygen atoms in total. The van der Waals surface area contributed by atoms with Gasteiger partial charge in [-0.15, -0.1) is 0 Å². The van der Waals surface area contributed by atoms with E-state index in [0.29, 0.717) is 0 Å². The molecule has 26 heavy (non-hydrogen) atoms. The van der Waals surface area contributed by atoms with Crippen molar-refractivity contribution in [2.45, 2.75) is 45.6 Å². The van der Waals surface area contributed by atoms with Crippen molar-refractivity contribution in [1.82, 2.24) is 0 Å². The van der Waals surface area contributed by atoms with Crippen molar-refractivity contribution in [2.24, 2.45) is 0 Å². The van der Waals surface area contributed by atoms with Crippen molar-refractivity contribution in [3.05, 3.63) is 83.9 Å². The molecule has 0 amide bonds. The fourth-order valence-electron chi connectivity index (χ4n) is 4.25. The molecule has 0 N–H and O–H groups in total. The van der Waals surface area contributed by atoms with Gasteiger partial charge in [0.1, 0.15) is 0 Å². The Labute approximate surface area is 157 Å². The SMILES string of the molecule is CC1(C)c2ccccc2N(C(C)(C)C)c2cc(-c3ccccc3)ccc21. The van der Waals surface area contributed by atoms with Gasteiger partial charge >= 0.3 is 0 Å². The molecule has 1 aliphatic rings. The van der Waals surface area contributed by atoms with Gasteiger partial charge in [0, 0.05) is 22.3 Å². The van der Waals surface area contributed by atoms with Gasteiger partial charge in [-0.1, -0.05) is 74.5 Å². The summed E-state index contributed by atoms with van der Waals surface area (Å²) in [4.78, 5) is 2.51. The zero-order valence-corrected chi connectivity index (χ0v) is 16.4. The zero-order chi connectivity index (χ0) is 18.5.